The van der Waals surface area contributed by atoms with Crippen LogP contribution >= 0.6 is 0 Å². The molecular weight excluding hydrogens is 409 g/mol. The van der Waals surface area contributed by atoms with Crippen molar-refractivity contribution < 1.29 is 17.9 Å². The molecule has 0 aliphatic carbocycles. The van der Waals surface area contributed by atoms with Crippen molar-refractivity contribution in [3.8, 4) is 11.8 Å². The summed E-state index contributed by atoms with van der Waals surface area (Å²) in [6.45, 7) is 1.74. The average molecular weight is 430 g/mol. The van der Waals surface area contributed by atoms with E-state index in [1.807, 2.05) is 24.3 Å². The Bertz CT molecular complexity index is 1020. The van der Waals surface area contributed by atoms with Gasteiger partial charge < -0.3 is 15.8 Å². The quantitative estimate of drug-likeness (QED) is 0.419. The SMILES string of the molecule is N#CC1CCN(C2COc3ccccc3C2Nc2cccc(N)c2N=NC(F)(F)F)C1. The highest BCUT2D eigenvalue weighted by atomic mass is 19.4. The number of nitrogens with zero attached hydrogens (tertiary/aromatic N) is 4. The van der Waals surface area contributed by atoms with Crippen LogP contribution in [0.15, 0.2) is 52.7 Å². The minimum Gasteiger partial charge on any atom is -0.491 e. The van der Waals surface area contributed by atoms with Crippen LogP contribution in [0.25, 0.3) is 0 Å². The summed E-state index contributed by atoms with van der Waals surface area (Å²) in [5, 5.41) is 18.4. The van der Waals surface area contributed by atoms with E-state index in [0.717, 1.165) is 18.5 Å². The fourth-order valence-corrected chi connectivity index (χ4v) is 4.10. The van der Waals surface area contributed by atoms with Gasteiger partial charge in [-0.15, -0.1) is 18.3 Å². The number of nitrogens with one attached hydrogen (secondary N) is 1. The number of azo groups is 1. The van der Waals surface area contributed by atoms with E-state index < -0.39 is 6.30 Å². The maximum absolute atomic E-state index is 12.6. The number of rotatable bonds is 4. The van der Waals surface area contributed by atoms with Crippen molar-refractivity contribution in [1.29, 1.82) is 5.26 Å². The number of nitriles is 1. The Labute approximate surface area is 177 Å². The van der Waals surface area contributed by atoms with Gasteiger partial charge in [-0.05, 0) is 24.6 Å². The number of nitrogens with two attached hydrogens (primary N) is 1. The van der Waals surface area contributed by atoms with Gasteiger partial charge in [-0.25, -0.2) is 0 Å². The largest absolute Gasteiger partial charge is 0.521 e. The molecule has 7 nitrogen and oxygen atoms in total. The highest BCUT2D eigenvalue weighted by Crippen LogP contribution is 2.41. The van der Waals surface area contributed by atoms with Crippen LogP contribution in [0.1, 0.15) is 18.0 Å². The predicted molar refractivity (Wildman–Crippen MR) is 109 cm³/mol. The van der Waals surface area contributed by atoms with E-state index in [4.69, 9.17) is 10.5 Å². The number of ether oxygens (including phenoxy) is 1. The topological polar surface area (TPSA) is 99.0 Å². The zero-order valence-corrected chi connectivity index (χ0v) is 16.5. The van der Waals surface area contributed by atoms with Gasteiger partial charge in [0.2, 0.25) is 0 Å². The van der Waals surface area contributed by atoms with Crippen LogP contribution in [-0.4, -0.2) is 36.9 Å². The van der Waals surface area contributed by atoms with Crippen LogP contribution in [-0.2, 0) is 0 Å². The molecule has 2 aromatic carbocycles. The second-order valence-electron chi connectivity index (χ2n) is 7.56. The van der Waals surface area contributed by atoms with Crippen molar-refractivity contribution in [1.82, 2.24) is 4.90 Å². The molecule has 3 N–H and O–H groups in total. The van der Waals surface area contributed by atoms with Crippen LogP contribution in [0.4, 0.5) is 30.2 Å². The second kappa shape index (κ2) is 8.43. The Morgan fingerprint density at radius 2 is 2.00 bits per heavy atom. The maximum Gasteiger partial charge on any atom is 0.521 e. The van der Waals surface area contributed by atoms with Crippen molar-refractivity contribution in [3.63, 3.8) is 0 Å². The van der Waals surface area contributed by atoms with Crippen molar-refractivity contribution in [2.45, 2.75) is 24.8 Å². The van der Waals surface area contributed by atoms with Crippen LogP contribution in [0.2, 0.25) is 0 Å². The lowest BCUT2D eigenvalue weighted by atomic mass is 9.94. The number of alkyl halides is 3. The molecule has 0 saturated carbocycles. The first-order valence-electron chi connectivity index (χ1n) is 9.86. The monoisotopic (exact) mass is 430 g/mol. The first kappa shape index (κ1) is 20.9. The number of likely N-dealkylation sites (tertiary alicyclic amines) is 1. The number of para-hydroxylation sites is 1. The van der Waals surface area contributed by atoms with E-state index in [-0.39, 0.29) is 29.4 Å². The number of hydrogen-bond acceptors (Lipinski definition) is 7. The summed E-state index contributed by atoms with van der Waals surface area (Å²) >= 11 is 0. The smallest absolute Gasteiger partial charge is 0.491 e. The Morgan fingerprint density at radius 3 is 2.74 bits per heavy atom. The van der Waals surface area contributed by atoms with Crippen LogP contribution < -0.4 is 15.8 Å². The molecule has 0 radical (unpaired) electrons. The molecule has 1 saturated heterocycles. The molecule has 162 valence electrons. The summed E-state index contributed by atoms with van der Waals surface area (Å²) < 4.78 is 43.8. The summed E-state index contributed by atoms with van der Waals surface area (Å²) in [7, 11) is 0. The van der Waals surface area contributed by atoms with E-state index in [1.165, 1.54) is 6.07 Å². The van der Waals surface area contributed by atoms with Crippen molar-refractivity contribution in [2.75, 3.05) is 30.7 Å². The minimum absolute atomic E-state index is 0.0543. The number of hydrogen-bond donors (Lipinski definition) is 2. The summed E-state index contributed by atoms with van der Waals surface area (Å²) in [5.74, 6) is 0.649. The van der Waals surface area contributed by atoms with Crippen molar-refractivity contribution >= 4 is 17.1 Å². The van der Waals surface area contributed by atoms with Crippen molar-refractivity contribution in [3.05, 3.63) is 48.0 Å². The van der Waals surface area contributed by atoms with Crippen LogP contribution in [0.3, 0.4) is 0 Å². The maximum atomic E-state index is 12.6. The van der Waals surface area contributed by atoms with Gasteiger partial charge in [0.1, 0.15) is 18.0 Å². The molecule has 2 aliphatic heterocycles. The van der Waals surface area contributed by atoms with Gasteiger partial charge in [-0.1, -0.05) is 29.4 Å². The lowest BCUT2D eigenvalue weighted by Crippen LogP contribution is -2.47. The van der Waals surface area contributed by atoms with E-state index in [0.29, 0.717) is 24.6 Å². The molecule has 4 rings (SSSR count). The molecule has 0 aromatic heterocycles. The third kappa shape index (κ3) is 4.56. The third-order valence-corrected chi connectivity index (χ3v) is 5.56. The molecular formula is C21H21F3N6O. The Morgan fingerprint density at radius 1 is 1.19 bits per heavy atom. The predicted octanol–water partition coefficient (Wildman–Crippen LogP) is 4.63. The van der Waals surface area contributed by atoms with Gasteiger partial charge in [0, 0.05) is 18.7 Å². The standard InChI is InChI=1S/C21H21F3N6O/c22-21(23,24)29-28-20-15(26)5-3-6-16(20)27-19-14-4-1-2-7-18(14)31-12-17(19)30-9-8-13(10-25)11-30/h1-7,13,17,19,27H,8-9,11-12,26H2. The van der Waals surface area contributed by atoms with E-state index in [9.17, 15) is 18.4 Å². The fraction of sp³-hybridized carbons (Fsp3) is 0.381. The van der Waals surface area contributed by atoms with Crippen LogP contribution in [0.5, 0.6) is 5.75 Å². The van der Waals surface area contributed by atoms with Crippen molar-refractivity contribution in [2.24, 2.45) is 16.1 Å². The molecule has 0 amide bonds. The third-order valence-electron chi connectivity index (χ3n) is 5.56. The Hall–Kier alpha value is -3.32. The zero-order chi connectivity index (χ0) is 22.0. The first-order valence-corrected chi connectivity index (χ1v) is 9.86. The van der Waals surface area contributed by atoms with Gasteiger partial charge >= 0.3 is 6.30 Å². The van der Waals surface area contributed by atoms with E-state index in [1.54, 1.807) is 12.1 Å². The number of benzene rings is 2. The summed E-state index contributed by atoms with van der Waals surface area (Å²) in [6, 6.07) is 14.1. The molecule has 1 fully saturated rings. The van der Waals surface area contributed by atoms with Gasteiger partial charge in [0.15, 0.2) is 0 Å². The summed E-state index contributed by atoms with van der Waals surface area (Å²) in [5.41, 5.74) is 7.14. The Kier molecular flexibility index (Phi) is 5.69. The fourth-order valence-electron chi connectivity index (χ4n) is 4.10. The number of fused-ring (bicyclic) bond motifs is 1. The molecule has 31 heavy (non-hydrogen) atoms. The van der Waals surface area contributed by atoms with Crippen LogP contribution in [0, 0.1) is 17.2 Å². The number of nitrogen functional groups attached to an aromatic ring is 1. The Balaban J connectivity index is 1.70. The average Bonchev–Trinajstić information content (AvgIpc) is 3.22. The van der Waals surface area contributed by atoms with E-state index >= 15 is 0 Å². The van der Waals surface area contributed by atoms with E-state index in [2.05, 4.69) is 26.5 Å². The summed E-state index contributed by atoms with van der Waals surface area (Å²) in [4.78, 5) is 2.19. The second-order valence-corrected chi connectivity index (χ2v) is 7.56. The van der Waals surface area contributed by atoms with Gasteiger partial charge in [-0.3, -0.25) is 4.90 Å². The molecule has 0 bridgehead atoms. The molecule has 2 aliphatic rings. The minimum atomic E-state index is -4.80. The van der Waals surface area contributed by atoms with Gasteiger partial charge in [0.05, 0.1) is 35.4 Å². The highest BCUT2D eigenvalue weighted by Gasteiger charge is 2.38. The molecule has 0 spiro atoms. The number of halogens is 3. The molecule has 2 aromatic rings. The summed E-state index contributed by atoms with van der Waals surface area (Å²) in [6.07, 6.45) is -4.03. The van der Waals surface area contributed by atoms with Gasteiger partial charge in [-0.2, -0.15) is 5.26 Å². The lowest BCUT2D eigenvalue weighted by molar-refractivity contribution is -0.125. The highest BCUT2D eigenvalue weighted by molar-refractivity contribution is 5.78. The molecule has 2 heterocycles. The lowest BCUT2D eigenvalue weighted by Gasteiger charge is -2.39. The zero-order valence-electron chi connectivity index (χ0n) is 16.5. The molecule has 10 heteroatoms. The normalized spacial score (nSPS) is 23.9. The molecule has 3 atom stereocenters. The molecule has 3 unspecified atom stereocenters. The first-order chi connectivity index (χ1) is 14.9. The number of anilines is 2. The van der Waals surface area contributed by atoms with Gasteiger partial charge in [0.25, 0.3) is 0 Å².